The monoisotopic (exact) mass is 296 g/mol. The number of carboxylic acids is 1. The lowest BCUT2D eigenvalue weighted by Gasteiger charge is -2.10. The van der Waals surface area contributed by atoms with Crippen LogP contribution in [0.1, 0.15) is 30.1 Å². The van der Waals surface area contributed by atoms with Gasteiger partial charge in [0.15, 0.2) is 0 Å². The Labute approximate surface area is 122 Å². The number of hydrogen-bond donors (Lipinski definition) is 4. The van der Waals surface area contributed by atoms with Gasteiger partial charge in [-0.3, -0.25) is 0 Å². The first kappa shape index (κ1) is 16.8. The molecule has 1 aromatic carbocycles. The third-order valence-electron chi connectivity index (χ3n) is 2.58. The van der Waals surface area contributed by atoms with Gasteiger partial charge in [-0.1, -0.05) is 6.92 Å². The molecule has 0 radical (unpaired) electrons. The minimum atomic E-state index is -1.23. The summed E-state index contributed by atoms with van der Waals surface area (Å²) in [4.78, 5) is 22.7. The van der Waals surface area contributed by atoms with Crippen molar-refractivity contribution in [3.63, 3.8) is 0 Å². The summed E-state index contributed by atoms with van der Waals surface area (Å²) in [5, 5.41) is 23.3. The van der Waals surface area contributed by atoms with E-state index in [1.165, 1.54) is 12.1 Å². The molecule has 1 aromatic rings. The van der Waals surface area contributed by atoms with Gasteiger partial charge in [-0.2, -0.15) is 0 Å². The molecule has 7 heteroatoms. The van der Waals surface area contributed by atoms with Crippen LogP contribution in [0.4, 0.5) is 10.5 Å². The van der Waals surface area contributed by atoms with Gasteiger partial charge in [0.1, 0.15) is 5.75 Å². The van der Waals surface area contributed by atoms with E-state index < -0.39 is 12.0 Å². The number of benzene rings is 1. The Morgan fingerprint density at radius 1 is 1.29 bits per heavy atom. The summed E-state index contributed by atoms with van der Waals surface area (Å²) in [6, 6.07) is 3.22. The van der Waals surface area contributed by atoms with Crippen LogP contribution >= 0.6 is 0 Å². The van der Waals surface area contributed by atoms with E-state index in [2.05, 4.69) is 10.6 Å². The number of carboxylic acid groups (broad SMARTS) is 1. The Morgan fingerprint density at radius 2 is 2.05 bits per heavy atom. The van der Waals surface area contributed by atoms with Crippen LogP contribution in [-0.2, 0) is 4.74 Å². The molecule has 0 unspecified atom stereocenters. The van der Waals surface area contributed by atoms with E-state index in [4.69, 9.17) is 9.84 Å². The lowest BCUT2D eigenvalue weighted by atomic mass is 10.1. The van der Waals surface area contributed by atoms with Gasteiger partial charge in [-0.15, -0.1) is 0 Å². The predicted molar refractivity (Wildman–Crippen MR) is 77.8 cm³/mol. The number of amides is 2. The summed E-state index contributed by atoms with van der Waals surface area (Å²) in [6.45, 7) is 3.70. The molecule has 0 spiro atoms. The van der Waals surface area contributed by atoms with E-state index in [0.717, 1.165) is 12.5 Å². The summed E-state index contributed by atoms with van der Waals surface area (Å²) in [7, 11) is 0. The molecule has 0 aliphatic rings. The fourth-order valence-electron chi connectivity index (χ4n) is 1.61. The van der Waals surface area contributed by atoms with Crippen LogP contribution in [0.15, 0.2) is 18.2 Å². The van der Waals surface area contributed by atoms with Gasteiger partial charge in [-0.25, -0.2) is 9.59 Å². The molecule has 0 aliphatic heterocycles. The molecule has 0 saturated carbocycles. The lowest BCUT2D eigenvalue weighted by molar-refractivity contribution is 0.0697. The number of aromatic hydroxyl groups is 1. The average molecular weight is 296 g/mol. The van der Waals surface area contributed by atoms with Crippen molar-refractivity contribution in [3.05, 3.63) is 23.8 Å². The van der Waals surface area contributed by atoms with Crippen LogP contribution < -0.4 is 10.6 Å². The zero-order chi connectivity index (χ0) is 15.7. The van der Waals surface area contributed by atoms with Crippen molar-refractivity contribution in [2.45, 2.75) is 19.8 Å². The molecular weight excluding hydrogens is 276 g/mol. The quantitative estimate of drug-likeness (QED) is 0.433. The van der Waals surface area contributed by atoms with Crippen LogP contribution in [0.5, 0.6) is 5.75 Å². The number of ether oxygens (including phenoxy) is 1. The number of phenols is 1. The second-order valence-electron chi connectivity index (χ2n) is 4.38. The van der Waals surface area contributed by atoms with Crippen LogP contribution in [0.3, 0.4) is 0 Å². The number of carbonyl (C=O) groups excluding carboxylic acids is 1. The maximum absolute atomic E-state index is 11.6. The topological polar surface area (TPSA) is 108 Å². The smallest absolute Gasteiger partial charge is 0.337 e. The summed E-state index contributed by atoms with van der Waals surface area (Å²) < 4.78 is 5.27. The summed E-state index contributed by atoms with van der Waals surface area (Å²) in [5.74, 6) is -1.40. The Morgan fingerprint density at radius 3 is 2.71 bits per heavy atom. The third kappa shape index (κ3) is 6.13. The average Bonchev–Trinajstić information content (AvgIpc) is 2.44. The van der Waals surface area contributed by atoms with E-state index in [1.54, 1.807) is 0 Å². The SMILES string of the molecule is CCCOCCCNC(=O)Nc1ccc(O)cc1C(=O)O. The summed E-state index contributed by atoms with van der Waals surface area (Å²) in [5.41, 5.74) is -0.0449. The predicted octanol–water partition coefficient (Wildman–Crippen LogP) is 2.03. The van der Waals surface area contributed by atoms with E-state index in [0.29, 0.717) is 26.2 Å². The molecule has 1 rings (SSSR count). The minimum absolute atomic E-state index is 0.125. The first-order valence-electron chi connectivity index (χ1n) is 6.73. The number of phenolic OH excluding ortho intramolecular Hbond substituents is 1. The Bertz CT molecular complexity index is 490. The number of rotatable bonds is 8. The number of carbonyl (C=O) groups is 2. The van der Waals surface area contributed by atoms with Crippen molar-refractivity contribution in [1.29, 1.82) is 0 Å². The molecule has 0 bridgehead atoms. The summed E-state index contributed by atoms with van der Waals surface area (Å²) >= 11 is 0. The van der Waals surface area contributed by atoms with Crippen molar-refractivity contribution in [3.8, 4) is 5.75 Å². The van der Waals surface area contributed by atoms with Gasteiger partial charge in [0.25, 0.3) is 0 Å². The highest BCUT2D eigenvalue weighted by atomic mass is 16.5. The third-order valence-corrected chi connectivity index (χ3v) is 2.58. The molecule has 116 valence electrons. The van der Waals surface area contributed by atoms with Crippen molar-refractivity contribution in [2.24, 2.45) is 0 Å². The number of urea groups is 1. The molecule has 2 amide bonds. The second kappa shape index (κ2) is 8.80. The number of aromatic carboxylic acids is 1. The second-order valence-corrected chi connectivity index (χ2v) is 4.38. The van der Waals surface area contributed by atoms with Gasteiger partial charge in [0.2, 0.25) is 0 Å². The van der Waals surface area contributed by atoms with Crippen LogP contribution in [0, 0.1) is 0 Å². The fourth-order valence-corrected chi connectivity index (χ4v) is 1.61. The largest absolute Gasteiger partial charge is 0.508 e. The zero-order valence-corrected chi connectivity index (χ0v) is 11.9. The van der Waals surface area contributed by atoms with Crippen LogP contribution in [-0.4, -0.2) is 42.0 Å². The van der Waals surface area contributed by atoms with E-state index >= 15 is 0 Å². The van der Waals surface area contributed by atoms with Gasteiger partial charge in [-0.05, 0) is 31.0 Å². The Balaban J connectivity index is 2.43. The zero-order valence-electron chi connectivity index (χ0n) is 11.9. The standard InChI is InChI=1S/C14H20N2O5/c1-2-7-21-8-3-6-15-14(20)16-12-5-4-10(17)9-11(12)13(18)19/h4-5,9,17H,2-3,6-8H2,1H3,(H,18,19)(H2,15,16,20). The maximum Gasteiger partial charge on any atom is 0.337 e. The molecule has 7 nitrogen and oxygen atoms in total. The highest BCUT2D eigenvalue weighted by molar-refractivity contribution is 6.00. The van der Waals surface area contributed by atoms with Crippen molar-refractivity contribution < 1.29 is 24.5 Å². The fraction of sp³-hybridized carbons (Fsp3) is 0.429. The van der Waals surface area contributed by atoms with Crippen molar-refractivity contribution in [2.75, 3.05) is 25.1 Å². The number of hydrogen-bond acceptors (Lipinski definition) is 4. The molecule has 4 N–H and O–H groups in total. The minimum Gasteiger partial charge on any atom is -0.508 e. The molecule has 0 aliphatic carbocycles. The van der Waals surface area contributed by atoms with Crippen LogP contribution in [0.2, 0.25) is 0 Å². The highest BCUT2D eigenvalue weighted by Crippen LogP contribution is 2.21. The Hall–Kier alpha value is -2.28. The first-order chi connectivity index (χ1) is 10.0. The van der Waals surface area contributed by atoms with E-state index in [9.17, 15) is 14.7 Å². The van der Waals surface area contributed by atoms with Gasteiger partial charge in [0.05, 0.1) is 11.3 Å². The molecule has 0 fully saturated rings. The van der Waals surface area contributed by atoms with E-state index in [1.807, 2.05) is 6.92 Å². The van der Waals surface area contributed by atoms with E-state index in [-0.39, 0.29) is 17.0 Å². The molecular formula is C14H20N2O5. The molecule has 0 aromatic heterocycles. The summed E-state index contributed by atoms with van der Waals surface area (Å²) in [6.07, 6.45) is 1.63. The Kier molecular flexibility index (Phi) is 7.03. The number of anilines is 1. The van der Waals surface area contributed by atoms with Gasteiger partial charge < -0.3 is 25.6 Å². The number of nitrogens with one attached hydrogen (secondary N) is 2. The molecule has 21 heavy (non-hydrogen) atoms. The van der Waals surface area contributed by atoms with Crippen molar-refractivity contribution in [1.82, 2.24) is 5.32 Å². The first-order valence-corrected chi connectivity index (χ1v) is 6.73. The molecule has 0 heterocycles. The van der Waals surface area contributed by atoms with Crippen molar-refractivity contribution >= 4 is 17.7 Å². The van der Waals surface area contributed by atoms with Crippen LogP contribution in [0.25, 0.3) is 0 Å². The molecule has 0 atom stereocenters. The lowest BCUT2D eigenvalue weighted by Crippen LogP contribution is -2.30. The van der Waals surface area contributed by atoms with Gasteiger partial charge in [0, 0.05) is 19.8 Å². The maximum atomic E-state index is 11.6. The van der Waals surface area contributed by atoms with Gasteiger partial charge >= 0.3 is 12.0 Å². The molecule has 0 saturated heterocycles. The highest BCUT2D eigenvalue weighted by Gasteiger charge is 2.13. The normalized spacial score (nSPS) is 10.1.